The fraction of sp³-hybridized carbons (Fsp3) is 0. The Labute approximate surface area is 199 Å². The molecule has 0 saturated carbocycles. The van der Waals surface area contributed by atoms with Crippen molar-refractivity contribution in [3.05, 3.63) is 108 Å². The molecule has 0 atom stereocenters. The van der Waals surface area contributed by atoms with E-state index < -0.39 is 6.04 Å². The highest BCUT2D eigenvalue weighted by molar-refractivity contribution is 7.25. The average molecular weight is 432 g/mol. The Hall–Kier alpha value is -3.13. The maximum Gasteiger partial charge on any atom is 0.0645 e. The molecular weight excluding hydrogens is 404 g/mol. The average Bonchev–Trinajstić information content (AvgIpc) is 3.36. The minimum Gasteiger partial charge on any atom is -0.135 e. The third kappa shape index (κ3) is 2.90. The fourth-order valence-corrected chi connectivity index (χ4v) is 4.71. The molecule has 0 nitrogen and oxygen atoms in total. The van der Waals surface area contributed by atoms with Crippen molar-refractivity contribution in [1.29, 1.82) is 0 Å². The SMILES string of the molecule is [2H]c1c([2H])c(Cl)c([2H])c(-c2ccc3cc(-c4c([2H])c([2H])c([2H])c5sc6c([2H])c([2H])c([2H])c([2H])c6c45)ccc3c2)c1[2H]. The molecule has 0 N–H and O–H groups in total. The van der Waals surface area contributed by atoms with Gasteiger partial charge in [0.2, 0.25) is 0 Å². The van der Waals surface area contributed by atoms with Crippen molar-refractivity contribution in [2.45, 2.75) is 0 Å². The summed E-state index contributed by atoms with van der Waals surface area (Å²) in [5.41, 5.74) is 1.44. The van der Waals surface area contributed by atoms with Crippen LogP contribution in [0.4, 0.5) is 0 Å². The van der Waals surface area contributed by atoms with E-state index in [2.05, 4.69) is 0 Å². The van der Waals surface area contributed by atoms with Crippen molar-refractivity contribution in [3.63, 3.8) is 0 Å². The van der Waals surface area contributed by atoms with Crippen LogP contribution >= 0.6 is 22.9 Å². The maximum absolute atomic E-state index is 8.77. The van der Waals surface area contributed by atoms with E-state index in [1.54, 1.807) is 36.4 Å². The summed E-state index contributed by atoms with van der Waals surface area (Å²) in [5, 5.41) is 1.79. The van der Waals surface area contributed by atoms with Crippen LogP contribution in [0.1, 0.15) is 15.1 Å². The third-order valence-electron chi connectivity index (χ3n) is 4.96. The first-order valence-corrected chi connectivity index (χ1v) is 10.3. The van der Waals surface area contributed by atoms with Crippen LogP contribution in [-0.2, 0) is 0 Å². The van der Waals surface area contributed by atoms with E-state index in [9.17, 15) is 0 Å². The van der Waals surface area contributed by atoms with Crippen molar-refractivity contribution < 1.29 is 15.1 Å². The molecule has 0 unspecified atom stereocenters. The second-order valence-corrected chi connectivity index (χ2v) is 8.12. The van der Waals surface area contributed by atoms with Crippen molar-refractivity contribution in [1.82, 2.24) is 0 Å². The van der Waals surface area contributed by atoms with E-state index in [1.807, 2.05) is 0 Å². The Bertz CT molecular complexity index is 2110. The van der Waals surface area contributed by atoms with Crippen LogP contribution in [0.5, 0.6) is 0 Å². The first-order chi connectivity index (χ1) is 19.3. The molecule has 0 aliphatic rings. The van der Waals surface area contributed by atoms with Gasteiger partial charge in [-0.1, -0.05) is 78.2 Å². The smallest absolute Gasteiger partial charge is 0.0645 e. The van der Waals surface area contributed by atoms with E-state index in [4.69, 9.17) is 26.7 Å². The lowest BCUT2D eigenvalue weighted by atomic mass is 9.95. The second-order valence-electron chi connectivity index (χ2n) is 6.73. The molecule has 0 aliphatic carbocycles. The number of fused-ring (bicyclic) bond motifs is 4. The van der Waals surface area contributed by atoms with Gasteiger partial charge in [0.1, 0.15) is 0 Å². The Kier molecular flexibility index (Phi) is 2.28. The second kappa shape index (κ2) is 6.98. The molecule has 0 bridgehead atoms. The predicted molar refractivity (Wildman–Crippen MR) is 133 cm³/mol. The Morgan fingerprint density at radius 1 is 0.667 bits per heavy atom. The van der Waals surface area contributed by atoms with Gasteiger partial charge in [0.25, 0.3) is 0 Å². The van der Waals surface area contributed by atoms with Crippen LogP contribution < -0.4 is 0 Å². The molecule has 30 heavy (non-hydrogen) atoms. The van der Waals surface area contributed by atoms with Gasteiger partial charge in [0.15, 0.2) is 0 Å². The van der Waals surface area contributed by atoms with E-state index in [1.165, 1.54) is 0 Å². The molecule has 1 heterocycles. The molecular formula is C28H17ClS. The van der Waals surface area contributed by atoms with Crippen LogP contribution in [0.25, 0.3) is 53.2 Å². The van der Waals surface area contributed by atoms with Gasteiger partial charge in [-0.25, -0.2) is 0 Å². The van der Waals surface area contributed by atoms with E-state index in [0.29, 0.717) is 37.5 Å². The van der Waals surface area contributed by atoms with E-state index in [-0.39, 0.29) is 81.1 Å². The molecule has 142 valence electrons. The zero-order chi connectivity index (χ0) is 29.7. The highest BCUT2D eigenvalue weighted by Crippen LogP contribution is 2.40. The lowest BCUT2D eigenvalue weighted by Crippen LogP contribution is -1.83. The quantitative estimate of drug-likeness (QED) is 0.256. The monoisotopic (exact) mass is 431 g/mol. The molecule has 0 spiro atoms. The predicted octanol–water partition coefficient (Wildman–Crippen LogP) is 9.20. The summed E-state index contributed by atoms with van der Waals surface area (Å²) < 4.78 is 92.1. The standard InChI is InChI=1S/C28H17ClS/c29-23-6-3-5-18(17-23)19-11-12-21-16-22(14-13-20(21)15-19)24-8-4-10-27-28(24)25-7-1-2-9-26(25)30-27/h1-17H/i1D,2D,3D,4D,5D,6D,7D,8D,9D,10D,17D. The molecule has 1 aromatic heterocycles. The molecule has 6 rings (SSSR count). The summed E-state index contributed by atoms with van der Waals surface area (Å²) in [7, 11) is 0. The van der Waals surface area contributed by atoms with Gasteiger partial charge < -0.3 is 0 Å². The van der Waals surface area contributed by atoms with Crippen LogP contribution in [0.2, 0.25) is 5.02 Å². The van der Waals surface area contributed by atoms with E-state index in [0.717, 1.165) is 11.3 Å². The molecule has 0 fully saturated rings. The van der Waals surface area contributed by atoms with Gasteiger partial charge in [-0.05, 0) is 69.3 Å². The zero-order valence-electron chi connectivity index (χ0n) is 26.3. The summed E-state index contributed by atoms with van der Waals surface area (Å²) in [6.07, 6.45) is 0. The largest absolute Gasteiger partial charge is 0.135 e. The Balaban J connectivity index is 1.63. The minimum atomic E-state index is -0.413. The molecule has 0 aliphatic heterocycles. The number of rotatable bonds is 2. The molecule has 0 amide bonds. The van der Waals surface area contributed by atoms with Crippen molar-refractivity contribution in [2.75, 3.05) is 0 Å². The van der Waals surface area contributed by atoms with Gasteiger partial charge >= 0.3 is 0 Å². The highest BCUT2D eigenvalue weighted by atomic mass is 35.5. The first-order valence-electron chi connectivity index (χ1n) is 14.6. The van der Waals surface area contributed by atoms with Crippen molar-refractivity contribution >= 4 is 53.9 Å². The van der Waals surface area contributed by atoms with Gasteiger partial charge in [-0.2, -0.15) is 0 Å². The van der Waals surface area contributed by atoms with Crippen LogP contribution in [0, 0.1) is 0 Å². The molecule has 5 aromatic carbocycles. The van der Waals surface area contributed by atoms with Crippen LogP contribution in [0.15, 0.2) is 103 Å². The highest BCUT2D eigenvalue weighted by Gasteiger charge is 2.11. The van der Waals surface area contributed by atoms with E-state index >= 15 is 0 Å². The summed E-state index contributed by atoms with van der Waals surface area (Å²) in [6, 6.07) is 7.17. The minimum absolute atomic E-state index is 0.140. The van der Waals surface area contributed by atoms with Gasteiger partial charge in [-0.15, -0.1) is 11.3 Å². The number of benzene rings is 5. The van der Waals surface area contributed by atoms with Crippen LogP contribution in [-0.4, -0.2) is 0 Å². The summed E-state index contributed by atoms with van der Waals surface area (Å²) in [6.45, 7) is 0. The van der Waals surface area contributed by atoms with Crippen LogP contribution in [0.3, 0.4) is 0 Å². The first kappa shape index (κ1) is 9.78. The zero-order valence-corrected chi connectivity index (χ0v) is 16.8. The Morgan fingerprint density at radius 2 is 1.40 bits per heavy atom. The van der Waals surface area contributed by atoms with Crippen molar-refractivity contribution in [3.8, 4) is 22.3 Å². The van der Waals surface area contributed by atoms with Gasteiger partial charge in [-0.3, -0.25) is 0 Å². The van der Waals surface area contributed by atoms with Gasteiger partial charge in [0, 0.05) is 25.2 Å². The van der Waals surface area contributed by atoms with Crippen molar-refractivity contribution in [2.24, 2.45) is 0 Å². The topological polar surface area (TPSA) is 0 Å². The molecule has 2 heteroatoms. The molecule has 6 aromatic rings. The number of thiophene rings is 1. The molecule has 0 radical (unpaired) electrons. The number of hydrogen-bond donors (Lipinski definition) is 0. The fourth-order valence-electron chi connectivity index (χ4n) is 3.60. The lowest BCUT2D eigenvalue weighted by molar-refractivity contribution is 1.64. The summed E-state index contributed by atoms with van der Waals surface area (Å²) in [5.74, 6) is 0. The number of hydrogen-bond acceptors (Lipinski definition) is 1. The normalized spacial score (nSPS) is 16.6. The summed E-state index contributed by atoms with van der Waals surface area (Å²) in [4.78, 5) is 0. The third-order valence-corrected chi connectivity index (χ3v) is 6.17. The lowest BCUT2D eigenvalue weighted by Gasteiger charge is -2.09. The van der Waals surface area contributed by atoms with Gasteiger partial charge in [0.05, 0.1) is 15.1 Å². The Morgan fingerprint density at radius 3 is 2.30 bits per heavy atom. The number of halogens is 1. The molecule has 0 saturated heterocycles. The maximum atomic E-state index is 8.77. The summed E-state index contributed by atoms with van der Waals surface area (Å²) >= 11 is 7.12.